The average Bonchev–Trinajstić information content (AvgIpc) is 2.30. The number of nitrogens with one attached hydrogen (secondary N) is 1. The lowest BCUT2D eigenvalue weighted by Gasteiger charge is -2.12. The predicted molar refractivity (Wildman–Crippen MR) is 78.6 cm³/mol. The van der Waals surface area contributed by atoms with Crippen molar-refractivity contribution in [3.63, 3.8) is 0 Å². The SMILES string of the molecule is CSCC(C)CNS(=O)(=O)c1ccc(Cl)c(N)c1. The molecule has 0 heterocycles. The van der Waals surface area contributed by atoms with Gasteiger partial charge in [-0.1, -0.05) is 18.5 Å². The molecule has 0 saturated heterocycles. The second-order valence-corrected chi connectivity index (χ2v) is 7.18. The summed E-state index contributed by atoms with van der Waals surface area (Å²) in [4.78, 5) is 0.140. The summed E-state index contributed by atoms with van der Waals surface area (Å²) in [7, 11) is -3.51. The van der Waals surface area contributed by atoms with E-state index in [1.807, 2.05) is 13.2 Å². The van der Waals surface area contributed by atoms with Crippen LogP contribution in [0.3, 0.4) is 0 Å². The van der Waals surface area contributed by atoms with Crippen LogP contribution < -0.4 is 10.5 Å². The summed E-state index contributed by atoms with van der Waals surface area (Å²) in [5, 5.41) is 0.352. The number of benzene rings is 1. The first-order valence-corrected chi connectivity index (χ1v) is 8.66. The molecule has 0 saturated carbocycles. The molecule has 1 aromatic carbocycles. The zero-order valence-electron chi connectivity index (χ0n) is 10.3. The number of thioether (sulfide) groups is 1. The Morgan fingerprint density at radius 3 is 2.72 bits per heavy atom. The zero-order valence-corrected chi connectivity index (χ0v) is 12.7. The van der Waals surface area contributed by atoms with Crippen molar-refractivity contribution in [2.75, 3.05) is 24.3 Å². The summed E-state index contributed by atoms with van der Waals surface area (Å²) in [5.41, 5.74) is 5.85. The van der Waals surface area contributed by atoms with Crippen molar-refractivity contribution in [2.24, 2.45) is 5.92 Å². The minimum absolute atomic E-state index is 0.140. The minimum atomic E-state index is -3.51. The Kier molecular flexibility index (Phi) is 5.78. The molecule has 18 heavy (non-hydrogen) atoms. The van der Waals surface area contributed by atoms with Gasteiger partial charge in [0, 0.05) is 6.54 Å². The Hall–Kier alpha value is -0.430. The van der Waals surface area contributed by atoms with E-state index in [0.717, 1.165) is 5.75 Å². The van der Waals surface area contributed by atoms with E-state index in [1.54, 1.807) is 11.8 Å². The van der Waals surface area contributed by atoms with E-state index in [2.05, 4.69) is 4.72 Å². The molecule has 0 bridgehead atoms. The van der Waals surface area contributed by atoms with E-state index in [4.69, 9.17) is 17.3 Å². The summed E-state index contributed by atoms with van der Waals surface area (Å²) >= 11 is 7.44. The number of nitrogen functional groups attached to an aromatic ring is 1. The van der Waals surface area contributed by atoms with Crippen LogP contribution in [0.4, 0.5) is 5.69 Å². The third-order valence-corrected chi connectivity index (χ3v) is 5.02. The van der Waals surface area contributed by atoms with Gasteiger partial charge in [-0.2, -0.15) is 11.8 Å². The van der Waals surface area contributed by atoms with Crippen molar-refractivity contribution in [3.8, 4) is 0 Å². The predicted octanol–water partition coefficient (Wildman–Crippen LogP) is 2.20. The molecule has 0 aliphatic carbocycles. The molecule has 1 rings (SSSR count). The summed E-state index contributed by atoms with van der Waals surface area (Å²) < 4.78 is 26.5. The first kappa shape index (κ1) is 15.6. The van der Waals surface area contributed by atoms with Crippen LogP contribution in [0.1, 0.15) is 6.92 Å². The number of hydrogen-bond donors (Lipinski definition) is 2. The maximum Gasteiger partial charge on any atom is 0.240 e. The molecule has 0 fully saturated rings. The number of halogens is 1. The van der Waals surface area contributed by atoms with E-state index >= 15 is 0 Å². The fraction of sp³-hybridized carbons (Fsp3) is 0.455. The Labute approximate surface area is 117 Å². The molecule has 7 heteroatoms. The van der Waals surface area contributed by atoms with Gasteiger partial charge in [0.1, 0.15) is 0 Å². The van der Waals surface area contributed by atoms with Crippen molar-refractivity contribution in [1.82, 2.24) is 4.72 Å². The number of rotatable bonds is 6. The van der Waals surface area contributed by atoms with Gasteiger partial charge in [0.2, 0.25) is 10.0 Å². The average molecular weight is 309 g/mol. The lowest BCUT2D eigenvalue weighted by molar-refractivity contribution is 0.562. The fourth-order valence-corrected chi connectivity index (χ4v) is 3.37. The van der Waals surface area contributed by atoms with E-state index < -0.39 is 10.0 Å². The highest BCUT2D eigenvalue weighted by Gasteiger charge is 2.16. The molecule has 102 valence electrons. The Bertz CT molecular complexity index is 506. The summed E-state index contributed by atoms with van der Waals surface area (Å²) in [6, 6.07) is 4.29. The van der Waals surface area contributed by atoms with Crippen LogP contribution in [0.15, 0.2) is 23.1 Å². The van der Waals surface area contributed by atoms with Crippen LogP contribution >= 0.6 is 23.4 Å². The minimum Gasteiger partial charge on any atom is -0.397 e. The summed E-state index contributed by atoms with van der Waals surface area (Å²) in [6.45, 7) is 2.40. The fourth-order valence-electron chi connectivity index (χ4n) is 1.37. The molecule has 1 aromatic rings. The van der Waals surface area contributed by atoms with E-state index in [0.29, 0.717) is 11.6 Å². The Morgan fingerprint density at radius 2 is 2.17 bits per heavy atom. The molecule has 0 aromatic heterocycles. The lowest BCUT2D eigenvalue weighted by Crippen LogP contribution is -2.29. The van der Waals surface area contributed by atoms with Gasteiger partial charge < -0.3 is 5.73 Å². The maximum absolute atomic E-state index is 12.0. The quantitative estimate of drug-likeness (QED) is 0.790. The summed E-state index contributed by atoms with van der Waals surface area (Å²) in [6.07, 6.45) is 1.99. The van der Waals surface area contributed by atoms with Gasteiger partial charge in [-0.25, -0.2) is 13.1 Å². The van der Waals surface area contributed by atoms with Crippen LogP contribution in [0.5, 0.6) is 0 Å². The van der Waals surface area contributed by atoms with Crippen molar-refractivity contribution >= 4 is 39.1 Å². The smallest absolute Gasteiger partial charge is 0.240 e. The highest BCUT2D eigenvalue weighted by molar-refractivity contribution is 7.98. The topological polar surface area (TPSA) is 72.2 Å². The van der Waals surface area contributed by atoms with Crippen molar-refractivity contribution in [2.45, 2.75) is 11.8 Å². The molecule has 0 amide bonds. The standard InChI is InChI=1S/C11H17ClN2O2S2/c1-8(7-17-2)6-14-18(15,16)9-3-4-10(12)11(13)5-9/h3-5,8,14H,6-7,13H2,1-2H3. The van der Waals surface area contributed by atoms with Crippen molar-refractivity contribution in [3.05, 3.63) is 23.2 Å². The molecule has 1 atom stereocenters. The van der Waals surface area contributed by atoms with Gasteiger partial charge in [-0.3, -0.25) is 0 Å². The molecule has 4 nitrogen and oxygen atoms in total. The Balaban J connectivity index is 2.77. The monoisotopic (exact) mass is 308 g/mol. The van der Waals surface area contributed by atoms with Gasteiger partial charge in [-0.05, 0) is 36.1 Å². The third-order valence-electron chi connectivity index (χ3n) is 2.35. The molecular weight excluding hydrogens is 292 g/mol. The number of nitrogens with two attached hydrogens (primary N) is 1. The van der Waals surface area contributed by atoms with Crippen molar-refractivity contribution < 1.29 is 8.42 Å². The first-order chi connectivity index (χ1) is 8.36. The number of hydrogen-bond acceptors (Lipinski definition) is 4. The van der Waals surface area contributed by atoms with Crippen LogP contribution in [0.25, 0.3) is 0 Å². The first-order valence-electron chi connectivity index (χ1n) is 5.40. The normalized spacial score (nSPS) is 13.5. The molecule has 0 radical (unpaired) electrons. The lowest BCUT2D eigenvalue weighted by atomic mass is 10.2. The third kappa shape index (κ3) is 4.35. The molecule has 0 aliphatic heterocycles. The van der Waals surface area contributed by atoms with Gasteiger partial charge >= 0.3 is 0 Å². The van der Waals surface area contributed by atoms with Gasteiger partial charge in [-0.15, -0.1) is 0 Å². The largest absolute Gasteiger partial charge is 0.397 e. The maximum atomic E-state index is 12.0. The van der Waals surface area contributed by atoms with Gasteiger partial charge in [0.25, 0.3) is 0 Å². The van der Waals surface area contributed by atoms with Crippen LogP contribution in [0, 0.1) is 5.92 Å². The van der Waals surface area contributed by atoms with Crippen LogP contribution in [0.2, 0.25) is 5.02 Å². The molecule has 1 unspecified atom stereocenters. The highest BCUT2D eigenvalue weighted by atomic mass is 35.5. The molecule has 0 aliphatic rings. The molecule has 3 N–H and O–H groups in total. The highest BCUT2D eigenvalue weighted by Crippen LogP contribution is 2.22. The molecule has 0 spiro atoms. The summed E-state index contributed by atoms with van der Waals surface area (Å²) in [5.74, 6) is 1.19. The van der Waals surface area contributed by atoms with Gasteiger partial charge in [0.05, 0.1) is 15.6 Å². The van der Waals surface area contributed by atoms with Crippen molar-refractivity contribution in [1.29, 1.82) is 0 Å². The second-order valence-electron chi connectivity index (χ2n) is 4.10. The second kappa shape index (κ2) is 6.65. The van der Waals surface area contributed by atoms with Crippen LogP contribution in [-0.2, 0) is 10.0 Å². The van der Waals surface area contributed by atoms with E-state index in [-0.39, 0.29) is 16.5 Å². The van der Waals surface area contributed by atoms with Gasteiger partial charge in [0.15, 0.2) is 0 Å². The van der Waals surface area contributed by atoms with Crippen LogP contribution in [-0.4, -0.2) is 27.0 Å². The van der Waals surface area contributed by atoms with E-state index in [9.17, 15) is 8.42 Å². The number of sulfonamides is 1. The molecular formula is C11H17ClN2O2S2. The number of anilines is 1. The zero-order chi connectivity index (χ0) is 13.8. The Morgan fingerprint density at radius 1 is 1.50 bits per heavy atom. The van der Waals surface area contributed by atoms with E-state index in [1.165, 1.54) is 18.2 Å².